The van der Waals surface area contributed by atoms with Crippen LogP contribution < -0.4 is 15.0 Å². The Balaban J connectivity index is 1.57. The van der Waals surface area contributed by atoms with E-state index in [1.165, 1.54) is 0 Å². The summed E-state index contributed by atoms with van der Waals surface area (Å²) >= 11 is 0. The van der Waals surface area contributed by atoms with E-state index in [9.17, 15) is 14.7 Å². The molecule has 1 heterocycles. The van der Waals surface area contributed by atoms with Crippen LogP contribution in [0.2, 0.25) is 0 Å². The van der Waals surface area contributed by atoms with Gasteiger partial charge < -0.3 is 20.1 Å². The summed E-state index contributed by atoms with van der Waals surface area (Å²) in [6, 6.07) is 17.2. The zero-order valence-corrected chi connectivity index (χ0v) is 16.9. The monoisotopic (exact) mass is 396 g/mol. The first-order valence-electron chi connectivity index (χ1n) is 9.90. The van der Waals surface area contributed by atoms with Crippen LogP contribution in [-0.2, 0) is 16.0 Å². The molecule has 0 spiro atoms. The second-order valence-corrected chi connectivity index (χ2v) is 7.82. The minimum absolute atomic E-state index is 0.0180. The smallest absolute Gasteiger partial charge is 0.265 e. The first-order chi connectivity index (χ1) is 13.9. The summed E-state index contributed by atoms with van der Waals surface area (Å²) in [7, 11) is 0. The molecule has 154 valence electrons. The standard InChI is InChI=1S/C23H28N2O4/c1-17(26)23(2,14-18-8-4-3-5-9-18)16-24-21(27)12-13-25-19-10-6-7-11-20(19)29-15-22(25)28/h3-11,17,26H,12-16H2,1-2H3,(H,24,27)/t17-,23-/m1/s1. The first kappa shape index (κ1) is 20.9. The van der Waals surface area contributed by atoms with Crippen LogP contribution in [0.4, 0.5) is 5.69 Å². The highest BCUT2D eigenvalue weighted by molar-refractivity contribution is 5.98. The van der Waals surface area contributed by atoms with Crippen LogP contribution >= 0.6 is 0 Å². The van der Waals surface area contributed by atoms with E-state index in [1.54, 1.807) is 11.8 Å². The summed E-state index contributed by atoms with van der Waals surface area (Å²) in [5.74, 6) is 0.341. The van der Waals surface area contributed by atoms with Gasteiger partial charge in [0.15, 0.2) is 6.61 Å². The molecule has 2 N–H and O–H groups in total. The van der Waals surface area contributed by atoms with Gasteiger partial charge in [-0.25, -0.2) is 0 Å². The fraction of sp³-hybridized carbons (Fsp3) is 0.391. The quantitative estimate of drug-likeness (QED) is 0.719. The van der Waals surface area contributed by atoms with Crippen LogP contribution in [0.25, 0.3) is 0 Å². The topological polar surface area (TPSA) is 78.9 Å². The van der Waals surface area contributed by atoms with E-state index in [2.05, 4.69) is 5.32 Å². The Bertz CT molecular complexity index is 853. The fourth-order valence-electron chi connectivity index (χ4n) is 3.42. The zero-order chi connectivity index (χ0) is 20.9. The molecule has 0 fully saturated rings. The number of ether oxygens (including phenoxy) is 1. The number of aliphatic hydroxyl groups excluding tert-OH is 1. The number of nitrogens with one attached hydrogen (secondary N) is 1. The molecule has 2 amide bonds. The Morgan fingerprint density at radius 1 is 1.21 bits per heavy atom. The maximum Gasteiger partial charge on any atom is 0.265 e. The Hall–Kier alpha value is -2.86. The molecule has 2 atom stereocenters. The van der Waals surface area contributed by atoms with Crippen LogP contribution in [0.5, 0.6) is 5.75 Å². The third kappa shape index (κ3) is 5.15. The molecule has 1 aliphatic rings. The number of hydrogen-bond acceptors (Lipinski definition) is 4. The lowest BCUT2D eigenvalue weighted by atomic mass is 9.79. The van der Waals surface area contributed by atoms with Gasteiger partial charge in [0.05, 0.1) is 11.8 Å². The molecule has 0 aliphatic carbocycles. The summed E-state index contributed by atoms with van der Waals surface area (Å²) < 4.78 is 5.43. The maximum atomic E-state index is 12.5. The highest BCUT2D eigenvalue weighted by atomic mass is 16.5. The van der Waals surface area contributed by atoms with Gasteiger partial charge in [-0.1, -0.05) is 49.4 Å². The van der Waals surface area contributed by atoms with Gasteiger partial charge in [-0.3, -0.25) is 9.59 Å². The van der Waals surface area contributed by atoms with E-state index in [0.717, 1.165) is 5.56 Å². The van der Waals surface area contributed by atoms with Crippen molar-refractivity contribution < 1.29 is 19.4 Å². The lowest BCUT2D eigenvalue weighted by molar-refractivity contribution is -0.122. The average Bonchev–Trinajstić information content (AvgIpc) is 2.72. The second-order valence-electron chi connectivity index (χ2n) is 7.82. The van der Waals surface area contributed by atoms with Crippen LogP contribution in [-0.4, -0.2) is 42.7 Å². The Labute approximate surface area is 171 Å². The molecule has 3 rings (SSSR count). The number of hydrogen-bond donors (Lipinski definition) is 2. The molecule has 0 saturated heterocycles. The minimum atomic E-state index is -0.587. The van der Waals surface area contributed by atoms with E-state index in [0.29, 0.717) is 24.4 Å². The highest BCUT2D eigenvalue weighted by Gasteiger charge is 2.31. The van der Waals surface area contributed by atoms with E-state index >= 15 is 0 Å². The maximum absolute atomic E-state index is 12.5. The second kappa shape index (κ2) is 9.09. The molecular weight excluding hydrogens is 368 g/mol. The van der Waals surface area contributed by atoms with E-state index in [-0.39, 0.29) is 31.4 Å². The molecule has 2 aromatic rings. The predicted molar refractivity (Wildman–Crippen MR) is 112 cm³/mol. The molecule has 0 radical (unpaired) electrons. The van der Waals surface area contributed by atoms with Gasteiger partial charge in [-0.15, -0.1) is 0 Å². The lowest BCUT2D eigenvalue weighted by Crippen LogP contribution is -2.45. The minimum Gasteiger partial charge on any atom is -0.482 e. The van der Waals surface area contributed by atoms with Crippen molar-refractivity contribution in [1.29, 1.82) is 0 Å². The van der Waals surface area contributed by atoms with Crippen LogP contribution in [0.3, 0.4) is 0 Å². The molecule has 29 heavy (non-hydrogen) atoms. The summed E-state index contributed by atoms with van der Waals surface area (Å²) in [6.45, 7) is 4.34. The zero-order valence-electron chi connectivity index (χ0n) is 16.9. The molecule has 0 saturated carbocycles. The van der Waals surface area contributed by atoms with Crippen molar-refractivity contribution in [3.8, 4) is 5.75 Å². The van der Waals surface area contributed by atoms with E-state index < -0.39 is 11.5 Å². The van der Waals surface area contributed by atoms with Crippen molar-refractivity contribution >= 4 is 17.5 Å². The van der Waals surface area contributed by atoms with Crippen molar-refractivity contribution in [2.24, 2.45) is 5.41 Å². The third-order valence-corrected chi connectivity index (χ3v) is 5.52. The van der Waals surface area contributed by atoms with Gasteiger partial charge in [0.2, 0.25) is 5.91 Å². The molecular formula is C23H28N2O4. The van der Waals surface area contributed by atoms with Gasteiger partial charge in [0, 0.05) is 24.9 Å². The number of nitrogens with zero attached hydrogens (tertiary/aromatic N) is 1. The predicted octanol–water partition coefficient (Wildman–Crippen LogP) is 2.55. The summed E-state index contributed by atoms with van der Waals surface area (Å²) in [5.41, 5.74) is 1.31. The van der Waals surface area contributed by atoms with Crippen molar-refractivity contribution in [2.75, 3.05) is 24.6 Å². The fourth-order valence-corrected chi connectivity index (χ4v) is 3.42. The molecule has 6 heteroatoms. The number of amides is 2. The number of aliphatic hydroxyl groups is 1. The van der Waals surface area contributed by atoms with Gasteiger partial charge >= 0.3 is 0 Å². The number of carbonyl (C=O) groups excluding carboxylic acids is 2. The number of carbonyl (C=O) groups is 2. The van der Waals surface area contributed by atoms with E-state index in [4.69, 9.17) is 4.74 Å². The van der Waals surface area contributed by atoms with Gasteiger partial charge in [-0.2, -0.15) is 0 Å². The Morgan fingerprint density at radius 3 is 2.62 bits per heavy atom. The molecule has 2 aromatic carbocycles. The van der Waals surface area contributed by atoms with Crippen molar-refractivity contribution in [1.82, 2.24) is 5.32 Å². The van der Waals surface area contributed by atoms with Crippen LogP contribution in [0.1, 0.15) is 25.8 Å². The summed E-state index contributed by atoms with van der Waals surface area (Å²) in [4.78, 5) is 26.3. The van der Waals surface area contributed by atoms with Crippen molar-refractivity contribution in [2.45, 2.75) is 32.8 Å². The normalized spacial score (nSPS) is 16.4. The summed E-state index contributed by atoms with van der Waals surface area (Å²) in [5, 5.41) is 13.2. The molecule has 6 nitrogen and oxygen atoms in total. The number of anilines is 1. The van der Waals surface area contributed by atoms with Crippen molar-refractivity contribution in [3.05, 3.63) is 60.2 Å². The number of benzene rings is 2. The van der Waals surface area contributed by atoms with Crippen LogP contribution in [0.15, 0.2) is 54.6 Å². The van der Waals surface area contributed by atoms with Gasteiger partial charge in [0.1, 0.15) is 5.75 Å². The largest absolute Gasteiger partial charge is 0.482 e. The van der Waals surface area contributed by atoms with Gasteiger partial charge in [0.25, 0.3) is 5.91 Å². The third-order valence-electron chi connectivity index (χ3n) is 5.52. The van der Waals surface area contributed by atoms with Crippen molar-refractivity contribution in [3.63, 3.8) is 0 Å². The lowest BCUT2D eigenvalue weighted by Gasteiger charge is -2.33. The number of rotatable bonds is 8. The molecule has 1 aliphatic heterocycles. The number of fused-ring (bicyclic) bond motifs is 1. The number of para-hydroxylation sites is 2. The highest BCUT2D eigenvalue weighted by Crippen LogP contribution is 2.31. The van der Waals surface area contributed by atoms with Gasteiger partial charge in [-0.05, 0) is 31.0 Å². The molecule has 0 aromatic heterocycles. The Morgan fingerprint density at radius 2 is 1.90 bits per heavy atom. The average molecular weight is 396 g/mol. The van der Waals surface area contributed by atoms with E-state index in [1.807, 2.05) is 61.5 Å². The Kier molecular flexibility index (Phi) is 6.54. The SMILES string of the molecule is C[C@@H](O)[C@@](C)(CNC(=O)CCN1C(=O)COc2ccccc21)Cc1ccccc1. The van der Waals surface area contributed by atoms with Crippen LogP contribution in [0, 0.1) is 5.41 Å². The molecule has 0 bridgehead atoms. The molecule has 0 unspecified atom stereocenters. The summed E-state index contributed by atoms with van der Waals surface area (Å²) in [6.07, 6.45) is 0.248. The first-order valence-corrected chi connectivity index (χ1v) is 9.90.